The maximum absolute atomic E-state index is 11.7. The summed E-state index contributed by atoms with van der Waals surface area (Å²) in [6.07, 6.45) is 3.40. The van der Waals surface area contributed by atoms with Crippen molar-refractivity contribution in [3.8, 4) is 11.5 Å². The van der Waals surface area contributed by atoms with Crippen LogP contribution >= 0.6 is 0 Å². The number of fused-ring (bicyclic) bond motifs is 1. The fraction of sp³-hybridized carbons (Fsp3) is 0.375. The van der Waals surface area contributed by atoms with Crippen molar-refractivity contribution in [2.75, 3.05) is 14.2 Å². The number of nitrogens with zero attached hydrogens (tertiary/aromatic N) is 1. The Morgan fingerprint density at radius 3 is 2.86 bits per heavy atom. The summed E-state index contributed by atoms with van der Waals surface area (Å²) in [7, 11) is 2.86. The van der Waals surface area contributed by atoms with Crippen LogP contribution in [0.4, 0.5) is 0 Å². The van der Waals surface area contributed by atoms with Crippen molar-refractivity contribution in [2.45, 2.75) is 25.9 Å². The Bertz CT molecular complexity index is 675. The van der Waals surface area contributed by atoms with Crippen LogP contribution in [0.5, 0.6) is 0 Å². The number of aromatic nitrogens is 1. The van der Waals surface area contributed by atoms with Gasteiger partial charge < -0.3 is 13.9 Å². The molecule has 1 aromatic heterocycles. The number of hydrogen-bond acceptors (Lipinski definition) is 5. The molecule has 0 saturated carbocycles. The highest BCUT2D eigenvalue weighted by molar-refractivity contribution is 5.87. The van der Waals surface area contributed by atoms with Crippen LogP contribution < -0.4 is 0 Å². The van der Waals surface area contributed by atoms with Crippen LogP contribution in [0.3, 0.4) is 0 Å². The highest BCUT2D eigenvalue weighted by Crippen LogP contribution is 2.29. The van der Waals surface area contributed by atoms with Crippen LogP contribution in [-0.4, -0.2) is 25.2 Å². The van der Waals surface area contributed by atoms with Crippen LogP contribution in [0.15, 0.2) is 22.6 Å². The van der Waals surface area contributed by atoms with E-state index in [2.05, 4.69) is 17.1 Å². The van der Waals surface area contributed by atoms with E-state index in [0.29, 0.717) is 11.6 Å². The van der Waals surface area contributed by atoms with E-state index >= 15 is 0 Å². The monoisotopic (exact) mass is 287 g/mol. The zero-order valence-electron chi connectivity index (χ0n) is 12.1. The van der Waals surface area contributed by atoms with Gasteiger partial charge in [-0.25, -0.2) is 9.78 Å². The smallest absolute Gasteiger partial charge is 0.376 e. The lowest BCUT2D eigenvalue weighted by Crippen LogP contribution is -2.04. The molecule has 0 fully saturated rings. The molecule has 110 valence electrons. The Kier molecular flexibility index (Phi) is 3.75. The molecule has 5 heteroatoms. The summed E-state index contributed by atoms with van der Waals surface area (Å²) >= 11 is 0. The third-order valence-electron chi connectivity index (χ3n) is 3.69. The molecule has 1 aliphatic rings. The molecule has 0 atom stereocenters. The Morgan fingerprint density at radius 1 is 1.29 bits per heavy atom. The molecule has 0 N–H and O–H groups in total. The second kappa shape index (κ2) is 5.69. The van der Waals surface area contributed by atoms with Crippen molar-refractivity contribution in [3.05, 3.63) is 40.8 Å². The predicted octanol–water partition coefficient (Wildman–Crippen LogP) is 2.76. The van der Waals surface area contributed by atoms with Gasteiger partial charge in [0.2, 0.25) is 11.7 Å². The minimum absolute atomic E-state index is 0.106. The summed E-state index contributed by atoms with van der Waals surface area (Å²) in [5, 5.41) is 0. The summed E-state index contributed by atoms with van der Waals surface area (Å²) < 4.78 is 15.4. The summed E-state index contributed by atoms with van der Waals surface area (Å²) in [5.41, 5.74) is 4.05. The van der Waals surface area contributed by atoms with Crippen molar-refractivity contribution in [3.63, 3.8) is 0 Å². The van der Waals surface area contributed by atoms with E-state index in [1.54, 1.807) is 7.11 Å². The van der Waals surface area contributed by atoms with Gasteiger partial charge in [-0.15, -0.1) is 0 Å². The molecule has 0 bridgehead atoms. The third kappa shape index (κ3) is 2.56. The number of esters is 1. The van der Waals surface area contributed by atoms with E-state index in [4.69, 9.17) is 13.9 Å². The number of methoxy groups -OCH3 is 2. The predicted molar refractivity (Wildman–Crippen MR) is 76.0 cm³/mol. The molecule has 1 aliphatic carbocycles. The van der Waals surface area contributed by atoms with E-state index in [-0.39, 0.29) is 12.4 Å². The van der Waals surface area contributed by atoms with Crippen molar-refractivity contribution in [1.82, 2.24) is 4.98 Å². The quantitative estimate of drug-likeness (QED) is 0.809. The molecule has 0 saturated heterocycles. The minimum atomic E-state index is -0.540. The second-order valence-corrected chi connectivity index (χ2v) is 5.06. The average Bonchev–Trinajstić information content (AvgIpc) is 3.12. The van der Waals surface area contributed by atoms with Crippen molar-refractivity contribution < 1.29 is 18.7 Å². The van der Waals surface area contributed by atoms with Gasteiger partial charge in [0.05, 0.1) is 13.7 Å². The third-order valence-corrected chi connectivity index (χ3v) is 3.69. The first-order chi connectivity index (χ1) is 10.2. The van der Waals surface area contributed by atoms with E-state index < -0.39 is 5.97 Å². The van der Waals surface area contributed by atoms with Gasteiger partial charge in [-0.2, -0.15) is 0 Å². The van der Waals surface area contributed by atoms with Gasteiger partial charge in [-0.05, 0) is 42.5 Å². The van der Waals surface area contributed by atoms with Gasteiger partial charge in [0, 0.05) is 12.7 Å². The maximum atomic E-state index is 11.7. The number of aryl methyl sites for hydroxylation is 2. The molecular weight excluding hydrogens is 270 g/mol. The topological polar surface area (TPSA) is 61.6 Å². The summed E-state index contributed by atoms with van der Waals surface area (Å²) in [4.78, 5) is 16.1. The first-order valence-corrected chi connectivity index (χ1v) is 6.92. The number of carbonyl (C=O) groups is 1. The van der Waals surface area contributed by atoms with Gasteiger partial charge in [0.15, 0.2) is 0 Å². The molecule has 21 heavy (non-hydrogen) atoms. The number of rotatable bonds is 4. The molecular formula is C16H17NO4. The molecule has 0 aliphatic heterocycles. The van der Waals surface area contributed by atoms with E-state index in [1.165, 1.54) is 24.7 Å². The highest BCUT2D eigenvalue weighted by Gasteiger charge is 2.22. The van der Waals surface area contributed by atoms with Crippen molar-refractivity contribution in [1.29, 1.82) is 0 Å². The molecule has 0 spiro atoms. The molecule has 2 aromatic rings. The highest BCUT2D eigenvalue weighted by atomic mass is 16.5. The molecule has 0 unspecified atom stereocenters. The van der Waals surface area contributed by atoms with Gasteiger partial charge in [0.1, 0.15) is 5.69 Å². The van der Waals surface area contributed by atoms with Crippen LogP contribution in [0, 0.1) is 0 Å². The largest absolute Gasteiger partial charge is 0.463 e. The lowest BCUT2D eigenvalue weighted by atomic mass is 10.1. The van der Waals surface area contributed by atoms with Crippen LogP contribution in [0.1, 0.15) is 33.8 Å². The Morgan fingerprint density at radius 2 is 2.10 bits per heavy atom. The van der Waals surface area contributed by atoms with E-state index in [0.717, 1.165) is 18.4 Å². The molecule has 1 heterocycles. The molecule has 5 nitrogen and oxygen atoms in total. The molecule has 1 aromatic carbocycles. The summed E-state index contributed by atoms with van der Waals surface area (Å²) in [6.45, 7) is 0.207. The summed E-state index contributed by atoms with van der Waals surface area (Å²) in [5.74, 6) is -0.00559. The van der Waals surface area contributed by atoms with Gasteiger partial charge >= 0.3 is 5.97 Å². The maximum Gasteiger partial charge on any atom is 0.376 e. The van der Waals surface area contributed by atoms with Crippen molar-refractivity contribution in [2.24, 2.45) is 0 Å². The van der Waals surface area contributed by atoms with Crippen LogP contribution in [-0.2, 0) is 28.9 Å². The fourth-order valence-corrected chi connectivity index (χ4v) is 2.67. The first-order valence-electron chi connectivity index (χ1n) is 6.92. The number of carbonyl (C=O) groups excluding carboxylic acids is 1. The average molecular weight is 287 g/mol. The lowest BCUT2D eigenvalue weighted by molar-refractivity contribution is 0.0559. The van der Waals surface area contributed by atoms with Crippen LogP contribution in [0.2, 0.25) is 0 Å². The Balaban J connectivity index is 2.00. The zero-order valence-corrected chi connectivity index (χ0v) is 12.1. The Hall–Kier alpha value is -2.14. The van der Waals surface area contributed by atoms with Gasteiger partial charge in [-0.1, -0.05) is 6.07 Å². The molecule has 3 rings (SSSR count). The number of oxazole rings is 1. The Labute approximate surface area is 122 Å². The van der Waals surface area contributed by atoms with Crippen molar-refractivity contribution >= 4 is 5.97 Å². The summed E-state index contributed by atoms with van der Waals surface area (Å²) in [6, 6.07) is 6.18. The molecule has 0 amide bonds. The number of benzene rings is 1. The van der Waals surface area contributed by atoms with Gasteiger partial charge in [0.25, 0.3) is 0 Å². The fourth-order valence-electron chi connectivity index (χ4n) is 2.67. The first kappa shape index (κ1) is 13.8. The minimum Gasteiger partial charge on any atom is -0.463 e. The second-order valence-electron chi connectivity index (χ2n) is 5.06. The normalized spacial score (nSPS) is 13.2. The van der Waals surface area contributed by atoms with E-state index in [1.807, 2.05) is 6.07 Å². The van der Waals surface area contributed by atoms with Crippen LogP contribution in [0.25, 0.3) is 11.5 Å². The number of ether oxygens (including phenoxy) is 2. The van der Waals surface area contributed by atoms with E-state index in [9.17, 15) is 4.79 Å². The lowest BCUT2D eigenvalue weighted by Gasteiger charge is -2.01. The molecule has 0 radical (unpaired) electrons. The standard InChI is InChI=1S/C16H17NO4/c1-19-9-13-14(16(18)20-2)21-15(17-13)12-7-6-10-4-3-5-11(10)8-12/h6-8H,3-5,9H2,1-2H3. The SMILES string of the molecule is COCc1nc(-c2ccc3c(c2)CCC3)oc1C(=O)OC. The zero-order chi connectivity index (χ0) is 14.8. The number of hydrogen-bond donors (Lipinski definition) is 0. The van der Waals surface area contributed by atoms with Gasteiger partial charge in [-0.3, -0.25) is 0 Å².